The maximum atomic E-state index is 11.4. The van der Waals surface area contributed by atoms with Crippen LogP contribution < -0.4 is 11.1 Å². The second-order valence-corrected chi connectivity index (χ2v) is 3.56. The van der Waals surface area contributed by atoms with Gasteiger partial charge in [0.2, 0.25) is 5.91 Å². The van der Waals surface area contributed by atoms with Crippen molar-refractivity contribution in [3.63, 3.8) is 0 Å². The number of nitrogens with two attached hydrogens (primary N) is 1. The molecule has 90 valence electrons. The van der Waals surface area contributed by atoms with E-state index in [0.29, 0.717) is 13.0 Å². The lowest BCUT2D eigenvalue weighted by Crippen LogP contribution is -2.44. The van der Waals surface area contributed by atoms with Gasteiger partial charge in [0, 0.05) is 39.5 Å². The minimum Gasteiger partial charge on any atom is -0.383 e. The number of rotatable bonds is 6. The van der Waals surface area contributed by atoms with E-state index in [1.807, 2.05) is 17.8 Å². The standard InChI is InChI=1S/C10H18N4O2/c1-14-6-5-12-9(14)3-4-13-10(15)8(11)7-16-2/h5-6,8H,3-4,7,11H2,1-2H3,(H,13,15). The lowest BCUT2D eigenvalue weighted by molar-refractivity contribution is -0.123. The van der Waals surface area contributed by atoms with Crippen LogP contribution in [0.2, 0.25) is 0 Å². The molecule has 1 aromatic heterocycles. The summed E-state index contributed by atoms with van der Waals surface area (Å²) in [6, 6.07) is -0.605. The zero-order chi connectivity index (χ0) is 12.0. The second-order valence-electron chi connectivity index (χ2n) is 3.56. The lowest BCUT2D eigenvalue weighted by atomic mass is 10.3. The summed E-state index contributed by atoms with van der Waals surface area (Å²) in [6.07, 6.45) is 4.29. The Kier molecular flexibility index (Phi) is 4.94. The highest BCUT2D eigenvalue weighted by Gasteiger charge is 2.12. The second kappa shape index (κ2) is 6.24. The summed E-state index contributed by atoms with van der Waals surface area (Å²) < 4.78 is 6.71. The molecule has 1 rings (SSSR count). The molecule has 1 heterocycles. The molecule has 1 unspecified atom stereocenters. The first-order valence-electron chi connectivity index (χ1n) is 5.13. The van der Waals surface area contributed by atoms with Crippen LogP contribution >= 0.6 is 0 Å². The van der Waals surface area contributed by atoms with Crippen LogP contribution in [0.5, 0.6) is 0 Å². The van der Waals surface area contributed by atoms with Crippen molar-refractivity contribution >= 4 is 5.91 Å². The third-order valence-corrected chi connectivity index (χ3v) is 2.25. The number of hydrogen-bond donors (Lipinski definition) is 2. The maximum Gasteiger partial charge on any atom is 0.239 e. The van der Waals surface area contributed by atoms with E-state index in [2.05, 4.69) is 10.3 Å². The summed E-state index contributed by atoms with van der Waals surface area (Å²) >= 11 is 0. The van der Waals surface area contributed by atoms with Crippen LogP contribution in [-0.4, -0.2) is 41.8 Å². The number of hydrogen-bond acceptors (Lipinski definition) is 4. The average Bonchev–Trinajstić information content (AvgIpc) is 2.65. The van der Waals surface area contributed by atoms with Gasteiger partial charge in [0.15, 0.2) is 0 Å². The molecular weight excluding hydrogens is 208 g/mol. The quantitative estimate of drug-likeness (QED) is 0.655. The lowest BCUT2D eigenvalue weighted by Gasteiger charge is -2.10. The summed E-state index contributed by atoms with van der Waals surface area (Å²) in [7, 11) is 3.43. The van der Waals surface area contributed by atoms with Gasteiger partial charge in [-0.25, -0.2) is 4.98 Å². The summed E-state index contributed by atoms with van der Waals surface area (Å²) in [5.74, 6) is 0.733. The van der Waals surface area contributed by atoms with E-state index in [-0.39, 0.29) is 12.5 Å². The molecule has 0 aliphatic carbocycles. The molecule has 6 heteroatoms. The first kappa shape index (κ1) is 12.7. The highest BCUT2D eigenvalue weighted by molar-refractivity contribution is 5.81. The fraction of sp³-hybridized carbons (Fsp3) is 0.600. The van der Waals surface area contributed by atoms with Gasteiger partial charge in [0.25, 0.3) is 0 Å². The highest BCUT2D eigenvalue weighted by Crippen LogP contribution is 1.94. The third-order valence-electron chi connectivity index (χ3n) is 2.25. The van der Waals surface area contributed by atoms with E-state index < -0.39 is 6.04 Å². The first-order chi connectivity index (χ1) is 7.65. The van der Waals surface area contributed by atoms with Crippen molar-refractivity contribution in [2.75, 3.05) is 20.3 Å². The summed E-state index contributed by atoms with van der Waals surface area (Å²) in [6.45, 7) is 0.759. The number of ether oxygens (including phenoxy) is 1. The molecule has 1 amide bonds. The number of carbonyl (C=O) groups excluding carboxylic acids is 1. The number of imidazole rings is 1. The van der Waals surface area contributed by atoms with Gasteiger partial charge in [0.05, 0.1) is 6.61 Å². The fourth-order valence-corrected chi connectivity index (χ4v) is 1.32. The van der Waals surface area contributed by atoms with Crippen molar-refractivity contribution < 1.29 is 9.53 Å². The van der Waals surface area contributed by atoms with Crippen LogP contribution in [0.15, 0.2) is 12.4 Å². The summed E-state index contributed by atoms with van der Waals surface area (Å²) in [5.41, 5.74) is 5.56. The number of aryl methyl sites for hydroxylation is 1. The molecule has 0 spiro atoms. The normalized spacial score (nSPS) is 12.4. The fourth-order valence-electron chi connectivity index (χ4n) is 1.32. The van der Waals surface area contributed by atoms with E-state index in [4.69, 9.17) is 10.5 Å². The molecule has 6 nitrogen and oxygen atoms in total. The van der Waals surface area contributed by atoms with Crippen molar-refractivity contribution in [1.29, 1.82) is 0 Å². The minimum absolute atomic E-state index is 0.198. The van der Waals surface area contributed by atoms with Crippen LogP contribution in [0, 0.1) is 0 Å². The largest absolute Gasteiger partial charge is 0.383 e. The zero-order valence-corrected chi connectivity index (χ0v) is 9.64. The van der Waals surface area contributed by atoms with Gasteiger partial charge in [-0.05, 0) is 0 Å². The Morgan fingerprint density at radius 2 is 2.50 bits per heavy atom. The Balaban J connectivity index is 2.25. The van der Waals surface area contributed by atoms with Crippen LogP contribution in [0.1, 0.15) is 5.82 Å². The van der Waals surface area contributed by atoms with Crippen LogP contribution in [0.4, 0.5) is 0 Å². The van der Waals surface area contributed by atoms with Gasteiger partial charge < -0.3 is 20.4 Å². The number of methoxy groups -OCH3 is 1. The van der Waals surface area contributed by atoms with Gasteiger partial charge in [0.1, 0.15) is 11.9 Å². The summed E-state index contributed by atoms with van der Waals surface area (Å²) in [5, 5.41) is 2.74. The highest BCUT2D eigenvalue weighted by atomic mass is 16.5. The van der Waals surface area contributed by atoms with Crippen LogP contribution in [0.25, 0.3) is 0 Å². The molecule has 16 heavy (non-hydrogen) atoms. The Bertz CT molecular complexity index is 337. The Morgan fingerprint density at radius 3 is 3.06 bits per heavy atom. The SMILES string of the molecule is COCC(N)C(=O)NCCc1nccn1C. The van der Waals surface area contributed by atoms with E-state index >= 15 is 0 Å². The van der Waals surface area contributed by atoms with Crippen LogP contribution in [0.3, 0.4) is 0 Å². The molecule has 0 aliphatic rings. The molecule has 1 atom stereocenters. The van der Waals surface area contributed by atoms with Gasteiger partial charge in [-0.15, -0.1) is 0 Å². The average molecular weight is 226 g/mol. The van der Waals surface area contributed by atoms with Gasteiger partial charge in [-0.1, -0.05) is 0 Å². The number of nitrogens with one attached hydrogen (secondary N) is 1. The predicted molar refractivity (Wildman–Crippen MR) is 59.8 cm³/mol. The maximum absolute atomic E-state index is 11.4. The van der Waals surface area contributed by atoms with Gasteiger partial charge in [-0.2, -0.15) is 0 Å². The van der Waals surface area contributed by atoms with Crippen molar-refractivity contribution in [3.8, 4) is 0 Å². The Morgan fingerprint density at radius 1 is 1.75 bits per heavy atom. The van der Waals surface area contributed by atoms with Crippen molar-refractivity contribution in [2.24, 2.45) is 12.8 Å². The molecule has 0 aliphatic heterocycles. The topological polar surface area (TPSA) is 82.2 Å². The number of amides is 1. The van der Waals surface area contributed by atoms with Crippen molar-refractivity contribution in [3.05, 3.63) is 18.2 Å². The van der Waals surface area contributed by atoms with Crippen molar-refractivity contribution in [2.45, 2.75) is 12.5 Å². The smallest absolute Gasteiger partial charge is 0.239 e. The van der Waals surface area contributed by atoms with Crippen molar-refractivity contribution in [1.82, 2.24) is 14.9 Å². The monoisotopic (exact) mass is 226 g/mol. The molecule has 0 fully saturated rings. The number of nitrogens with zero attached hydrogens (tertiary/aromatic N) is 2. The third kappa shape index (κ3) is 3.63. The predicted octanol–water partition coefficient (Wildman–Crippen LogP) is -0.947. The van der Waals surface area contributed by atoms with E-state index in [0.717, 1.165) is 5.82 Å². The molecule has 3 N–H and O–H groups in total. The molecule has 0 radical (unpaired) electrons. The van der Waals surface area contributed by atoms with E-state index in [1.54, 1.807) is 6.20 Å². The Labute approximate surface area is 94.8 Å². The molecule has 0 saturated heterocycles. The van der Waals surface area contributed by atoms with Gasteiger partial charge >= 0.3 is 0 Å². The number of aromatic nitrogens is 2. The molecule has 0 bridgehead atoms. The van der Waals surface area contributed by atoms with E-state index in [9.17, 15) is 4.79 Å². The summed E-state index contributed by atoms with van der Waals surface area (Å²) in [4.78, 5) is 15.6. The van der Waals surface area contributed by atoms with Gasteiger partial charge in [-0.3, -0.25) is 4.79 Å². The molecular formula is C10H18N4O2. The van der Waals surface area contributed by atoms with E-state index in [1.165, 1.54) is 7.11 Å². The van der Waals surface area contributed by atoms with Crippen LogP contribution in [-0.2, 0) is 23.0 Å². The molecule has 1 aromatic rings. The Hall–Kier alpha value is -1.40. The molecule has 0 aromatic carbocycles. The number of carbonyl (C=O) groups is 1. The molecule has 0 saturated carbocycles. The zero-order valence-electron chi connectivity index (χ0n) is 9.64. The first-order valence-corrected chi connectivity index (χ1v) is 5.13. The minimum atomic E-state index is -0.605.